The Hall–Kier alpha value is -0.640. The van der Waals surface area contributed by atoms with Gasteiger partial charge in [-0.15, -0.1) is 0 Å². The van der Waals surface area contributed by atoms with Crippen LogP contribution in [0.25, 0.3) is 0 Å². The fraction of sp³-hybridized carbons (Fsp3) is 0.667. The standard InChI is InChI=1S/C12H19BrN2O/c1-8(2)11(6-13)7-15-10(4)14-9(3)5-12(15)16/h5,8,11H,6-7H2,1-4H3. The second-order valence-electron chi connectivity index (χ2n) is 4.55. The van der Waals surface area contributed by atoms with Crippen molar-refractivity contribution in [3.05, 3.63) is 27.9 Å². The van der Waals surface area contributed by atoms with Crippen LogP contribution in [-0.4, -0.2) is 14.9 Å². The van der Waals surface area contributed by atoms with E-state index in [-0.39, 0.29) is 5.56 Å². The van der Waals surface area contributed by atoms with Gasteiger partial charge in [-0.2, -0.15) is 0 Å². The minimum atomic E-state index is 0.0524. The maximum atomic E-state index is 11.8. The van der Waals surface area contributed by atoms with Gasteiger partial charge in [0.2, 0.25) is 0 Å². The molecule has 1 rings (SSSR count). The molecule has 0 bridgehead atoms. The van der Waals surface area contributed by atoms with Gasteiger partial charge >= 0.3 is 0 Å². The maximum Gasteiger partial charge on any atom is 0.253 e. The van der Waals surface area contributed by atoms with Gasteiger partial charge in [-0.3, -0.25) is 9.36 Å². The van der Waals surface area contributed by atoms with Crippen LogP contribution in [0.3, 0.4) is 0 Å². The highest BCUT2D eigenvalue weighted by Crippen LogP contribution is 2.15. The molecule has 4 heteroatoms. The summed E-state index contributed by atoms with van der Waals surface area (Å²) < 4.78 is 1.76. The molecule has 0 fully saturated rings. The molecule has 0 aliphatic carbocycles. The summed E-state index contributed by atoms with van der Waals surface area (Å²) >= 11 is 3.50. The quantitative estimate of drug-likeness (QED) is 0.798. The van der Waals surface area contributed by atoms with E-state index < -0.39 is 0 Å². The topological polar surface area (TPSA) is 34.9 Å². The maximum absolute atomic E-state index is 11.8. The first-order valence-corrected chi connectivity index (χ1v) is 6.69. The average Bonchev–Trinajstić information content (AvgIpc) is 2.15. The van der Waals surface area contributed by atoms with E-state index in [9.17, 15) is 4.79 Å². The van der Waals surface area contributed by atoms with Crippen LogP contribution in [-0.2, 0) is 6.54 Å². The van der Waals surface area contributed by atoms with Crippen molar-refractivity contribution in [1.29, 1.82) is 0 Å². The van der Waals surface area contributed by atoms with Crippen molar-refractivity contribution in [2.24, 2.45) is 11.8 Å². The number of nitrogens with zero attached hydrogens (tertiary/aromatic N) is 2. The summed E-state index contributed by atoms with van der Waals surface area (Å²) in [6.45, 7) is 8.83. The van der Waals surface area contributed by atoms with E-state index in [2.05, 4.69) is 34.8 Å². The summed E-state index contributed by atoms with van der Waals surface area (Å²) in [5.74, 6) is 1.81. The van der Waals surface area contributed by atoms with Gasteiger partial charge in [0.25, 0.3) is 5.56 Å². The number of hydrogen-bond acceptors (Lipinski definition) is 2. The molecule has 0 saturated carbocycles. The monoisotopic (exact) mass is 286 g/mol. The highest BCUT2D eigenvalue weighted by Gasteiger charge is 2.14. The van der Waals surface area contributed by atoms with Crippen LogP contribution in [0.15, 0.2) is 10.9 Å². The van der Waals surface area contributed by atoms with Gasteiger partial charge in [-0.25, -0.2) is 4.98 Å². The highest BCUT2D eigenvalue weighted by molar-refractivity contribution is 9.09. The first-order valence-electron chi connectivity index (χ1n) is 5.56. The summed E-state index contributed by atoms with van der Waals surface area (Å²) in [5, 5.41) is 0.907. The summed E-state index contributed by atoms with van der Waals surface area (Å²) in [4.78, 5) is 16.2. The van der Waals surface area contributed by atoms with E-state index in [0.717, 1.165) is 23.4 Å². The SMILES string of the molecule is Cc1cc(=O)n(CC(CBr)C(C)C)c(C)n1. The molecule has 0 radical (unpaired) electrons. The number of aryl methyl sites for hydroxylation is 2. The Morgan fingerprint density at radius 2 is 2.06 bits per heavy atom. The third-order valence-electron chi connectivity index (χ3n) is 2.89. The number of aromatic nitrogens is 2. The normalized spacial score (nSPS) is 13.1. The molecule has 1 unspecified atom stereocenters. The number of halogens is 1. The Labute approximate surface area is 105 Å². The van der Waals surface area contributed by atoms with Crippen molar-refractivity contribution in [2.45, 2.75) is 34.2 Å². The zero-order chi connectivity index (χ0) is 12.3. The third kappa shape index (κ3) is 3.17. The van der Waals surface area contributed by atoms with Crippen molar-refractivity contribution in [3.8, 4) is 0 Å². The van der Waals surface area contributed by atoms with Gasteiger partial charge in [0.05, 0.1) is 0 Å². The Morgan fingerprint density at radius 1 is 1.44 bits per heavy atom. The Morgan fingerprint density at radius 3 is 2.50 bits per heavy atom. The van der Waals surface area contributed by atoms with Crippen molar-refractivity contribution in [2.75, 3.05) is 5.33 Å². The first kappa shape index (κ1) is 13.4. The van der Waals surface area contributed by atoms with Gasteiger partial charge < -0.3 is 0 Å². The second kappa shape index (κ2) is 5.62. The van der Waals surface area contributed by atoms with Crippen molar-refractivity contribution in [1.82, 2.24) is 9.55 Å². The van der Waals surface area contributed by atoms with Crippen LogP contribution in [0.2, 0.25) is 0 Å². The van der Waals surface area contributed by atoms with Crippen molar-refractivity contribution < 1.29 is 0 Å². The number of rotatable bonds is 4. The van der Waals surface area contributed by atoms with E-state index >= 15 is 0 Å². The van der Waals surface area contributed by atoms with E-state index in [0.29, 0.717) is 11.8 Å². The lowest BCUT2D eigenvalue weighted by molar-refractivity contribution is 0.362. The van der Waals surface area contributed by atoms with Crippen LogP contribution < -0.4 is 5.56 Å². The molecule has 0 aromatic carbocycles. The minimum absolute atomic E-state index is 0.0524. The zero-order valence-electron chi connectivity index (χ0n) is 10.3. The summed E-state index contributed by atoms with van der Waals surface area (Å²) in [7, 11) is 0. The van der Waals surface area contributed by atoms with Gasteiger partial charge in [0.1, 0.15) is 5.82 Å². The summed E-state index contributed by atoms with van der Waals surface area (Å²) in [6, 6.07) is 1.60. The largest absolute Gasteiger partial charge is 0.297 e. The van der Waals surface area contributed by atoms with E-state index in [1.807, 2.05) is 13.8 Å². The van der Waals surface area contributed by atoms with Gasteiger partial charge in [-0.05, 0) is 25.7 Å². The molecule has 0 aliphatic rings. The van der Waals surface area contributed by atoms with Crippen molar-refractivity contribution >= 4 is 15.9 Å². The Kier molecular flexibility index (Phi) is 4.71. The molecule has 0 saturated heterocycles. The van der Waals surface area contributed by atoms with E-state index in [1.54, 1.807) is 10.6 Å². The van der Waals surface area contributed by atoms with Crippen LogP contribution in [0, 0.1) is 25.7 Å². The molecule has 0 amide bonds. The molecule has 0 aliphatic heterocycles. The first-order chi connectivity index (χ1) is 7.45. The lowest BCUT2D eigenvalue weighted by Crippen LogP contribution is -2.29. The minimum Gasteiger partial charge on any atom is -0.297 e. The lowest BCUT2D eigenvalue weighted by atomic mass is 9.98. The summed E-state index contributed by atoms with van der Waals surface area (Å²) in [6.07, 6.45) is 0. The molecule has 1 aromatic rings. The zero-order valence-corrected chi connectivity index (χ0v) is 11.9. The molecule has 1 aromatic heterocycles. The van der Waals surface area contributed by atoms with Crippen LogP contribution >= 0.6 is 15.9 Å². The van der Waals surface area contributed by atoms with Crippen molar-refractivity contribution in [3.63, 3.8) is 0 Å². The van der Waals surface area contributed by atoms with Crippen LogP contribution in [0.1, 0.15) is 25.4 Å². The molecule has 1 atom stereocenters. The molecule has 16 heavy (non-hydrogen) atoms. The predicted molar refractivity (Wildman–Crippen MR) is 70.1 cm³/mol. The third-order valence-corrected chi connectivity index (χ3v) is 3.72. The molecule has 0 N–H and O–H groups in total. The smallest absolute Gasteiger partial charge is 0.253 e. The van der Waals surface area contributed by atoms with E-state index in [4.69, 9.17) is 0 Å². The van der Waals surface area contributed by atoms with Gasteiger partial charge in [0, 0.05) is 23.6 Å². The van der Waals surface area contributed by atoms with E-state index in [1.165, 1.54) is 0 Å². The summed E-state index contributed by atoms with van der Waals surface area (Å²) in [5.41, 5.74) is 0.843. The molecular formula is C12H19BrN2O. The molecular weight excluding hydrogens is 268 g/mol. The molecule has 3 nitrogen and oxygen atoms in total. The second-order valence-corrected chi connectivity index (χ2v) is 5.20. The highest BCUT2D eigenvalue weighted by atomic mass is 79.9. The van der Waals surface area contributed by atoms with Crippen LogP contribution in [0.4, 0.5) is 0 Å². The fourth-order valence-electron chi connectivity index (χ4n) is 1.66. The Balaban J connectivity index is 3.01. The average molecular weight is 287 g/mol. The number of alkyl halides is 1. The number of hydrogen-bond donors (Lipinski definition) is 0. The lowest BCUT2D eigenvalue weighted by Gasteiger charge is -2.20. The molecule has 0 spiro atoms. The van der Waals surface area contributed by atoms with Gasteiger partial charge in [-0.1, -0.05) is 29.8 Å². The van der Waals surface area contributed by atoms with Crippen LogP contribution in [0.5, 0.6) is 0 Å². The molecule has 1 heterocycles. The fourth-order valence-corrected chi connectivity index (χ4v) is 2.61. The molecule has 90 valence electrons. The van der Waals surface area contributed by atoms with Gasteiger partial charge in [0.15, 0.2) is 0 Å². The predicted octanol–water partition coefficient (Wildman–Crippen LogP) is 2.53. The Bertz CT molecular complexity index is 412.